The zero-order valence-electron chi connectivity index (χ0n) is 15.7. The quantitative estimate of drug-likeness (QED) is 0.715. The summed E-state index contributed by atoms with van der Waals surface area (Å²) in [5.74, 6) is 1.87. The first-order chi connectivity index (χ1) is 11.8. The predicted molar refractivity (Wildman–Crippen MR) is 94.8 cm³/mol. The van der Waals surface area contributed by atoms with E-state index in [1.165, 1.54) is 12.8 Å². The fraction of sp³-hybridized carbons (Fsp3) is 0.952. The zero-order chi connectivity index (χ0) is 18.0. The third-order valence-corrected chi connectivity index (χ3v) is 9.39. The molecule has 0 spiro atoms. The van der Waals surface area contributed by atoms with Gasteiger partial charge in [0.15, 0.2) is 5.78 Å². The number of Topliss-reactive ketones (excluding diaryl/α,β-unsaturated/α-hetero) is 1. The van der Waals surface area contributed by atoms with Crippen LogP contribution >= 0.6 is 0 Å². The molecule has 4 fully saturated rings. The predicted octanol–water partition coefficient (Wildman–Crippen LogP) is 2.68. The third kappa shape index (κ3) is 2.26. The van der Waals surface area contributed by atoms with Gasteiger partial charge >= 0.3 is 0 Å². The number of fused-ring (bicyclic) bond motifs is 5. The summed E-state index contributed by atoms with van der Waals surface area (Å²) < 4.78 is 0. The molecule has 4 aliphatic carbocycles. The van der Waals surface area contributed by atoms with Crippen molar-refractivity contribution in [2.24, 2.45) is 34.5 Å². The molecule has 0 aromatic carbocycles. The maximum absolute atomic E-state index is 12.4. The van der Waals surface area contributed by atoms with Crippen LogP contribution < -0.4 is 0 Å². The van der Waals surface area contributed by atoms with Gasteiger partial charge < -0.3 is 15.3 Å². The number of aliphatic hydroxyl groups is 3. The summed E-state index contributed by atoms with van der Waals surface area (Å²) in [6.07, 6.45) is 8.58. The molecule has 4 saturated carbocycles. The van der Waals surface area contributed by atoms with Crippen molar-refractivity contribution >= 4 is 5.78 Å². The SMILES string of the molecule is C[C@]12CCC(O)CC1CCC1C2CC[C@@]2(C)C1CC[C@]2(O)C(=O)CO. The lowest BCUT2D eigenvalue weighted by molar-refractivity contribution is -0.174. The Morgan fingerprint density at radius 3 is 2.44 bits per heavy atom. The third-order valence-electron chi connectivity index (χ3n) is 9.39. The van der Waals surface area contributed by atoms with Crippen LogP contribution in [0.4, 0.5) is 0 Å². The molecule has 4 nitrogen and oxygen atoms in total. The second-order valence-electron chi connectivity index (χ2n) is 10.0. The van der Waals surface area contributed by atoms with E-state index in [1.807, 2.05) is 0 Å². The van der Waals surface area contributed by atoms with E-state index in [0.717, 1.165) is 38.5 Å². The molecule has 4 heteroatoms. The van der Waals surface area contributed by atoms with Gasteiger partial charge in [0.25, 0.3) is 0 Å². The molecular formula is C21H34O4. The van der Waals surface area contributed by atoms with Gasteiger partial charge in [0.1, 0.15) is 12.2 Å². The lowest BCUT2D eigenvalue weighted by Gasteiger charge is -2.61. The van der Waals surface area contributed by atoms with E-state index in [2.05, 4.69) is 13.8 Å². The first-order valence-electron chi connectivity index (χ1n) is 10.3. The fourth-order valence-electron chi connectivity index (χ4n) is 7.84. The smallest absolute Gasteiger partial charge is 0.190 e. The van der Waals surface area contributed by atoms with Crippen LogP contribution in [-0.4, -0.2) is 39.4 Å². The Balaban J connectivity index is 1.63. The van der Waals surface area contributed by atoms with E-state index in [4.69, 9.17) is 0 Å². The molecule has 142 valence electrons. The molecule has 0 saturated heterocycles. The Bertz CT molecular complexity index is 562. The van der Waals surface area contributed by atoms with Crippen molar-refractivity contribution in [2.45, 2.75) is 83.3 Å². The minimum atomic E-state index is -1.34. The van der Waals surface area contributed by atoms with Crippen molar-refractivity contribution in [3.05, 3.63) is 0 Å². The van der Waals surface area contributed by atoms with Crippen LogP contribution in [0.15, 0.2) is 0 Å². The summed E-state index contributed by atoms with van der Waals surface area (Å²) in [7, 11) is 0. The molecule has 0 heterocycles. The van der Waals surface area contributed by atoms with Crippen molar-refractivity contribution in [2.75, 3.05) is 6.61 Å². The van der Waals surface area contributed by atoms with Gasteiger partial charge in [0.2, 0.25) is 0 Å². The molecule has 0 bridgehead atoms. The largest absolute Gasteiger partial charge is 0.393 e. The maximum Gasteiger partial charge on any atom is 0.190 e. The Labute approximate surface area is 151 Å². The Hall–Kier alpha value is -0.450. The Kier molecular flexibility index (Phi) is 4.14. The van der Waals surface area contributed by atoms with Crippen LogP contribution in [0, 0.1) is 34.5 Å². The van der Waals surface area contributed by atoms with E-state index >= 15 is 0 Å². The van der Waals surface area contributed by atoms with E-state index in [-0.39, 0.29) is 17.3 Å². The second kappa shape index (κ2) is 5.77. The van der Waals surface area contributed by atoms with Crippen LogP contribution in [0.1, 0.15) is 71.6 Å². The molecule has 0 aromatic heterocycles. The lowest BCUT2D eigenvalue weighted by atomic mass is 9.44. The minimum Gasteiger partial charge on any atom is -0.393 e. The number of aliphatic hydroxyl groups excluding tert-OH is 2. The van der Waals surface area contributed by atoms with Crippen molar-refractivity contribution in [3.63, 3.8) is 0 Å². The monoisotopic (exact) mass is 350 g/mol. The Morgan fingerprint density at radius 1 is 1.00 bits per heavy atom. The highest BCUT2D eigenvalue weighted by atomic mass is 16.3. The average molecular weight is 350 g/mol. The molecule has 25 heavy (non-hydrogen) atoms. The van der Waals surface area contributed by atoms with E-state index in [1.54, 1.807) is 0 Å². The number of rotatable bonds is 2. The van der Waals surface area contributed by atoms with Crippen LogP contribution in [0.25, 0.3) is 0 Å². The number of hydrogen-bond acceptors (Lipinski definition) is 4. The highest BCUT2D eigenvalue weighted by molar-refractivity contribution is 5.89. The highest BCUT2D eigenvalue weighted by Crippen LogP contribution is 2.68. The molecule has 8 atom stereocenters. The van der Waals surface area contributed by atoms with Crippen molar-refractivity contribution < 1.29 is 20.1 Å². The minimum absolute atomic E-state index is 0.123. The van der Waals surface area contributed by atoms with Crippen LogP contribution in [-0.2, 0) is 4.79 Å². The van der Waals surface area contributed by atoms with Gasteiger partial charge in [0.05, 0.1) is 6.10 Å². The molecule has 3 N–H and O–H groups in total. The molecule has 0 amide bonds. The topological polar surface area (TPSA) is 77.8 Å². The van der Waals surface area contributed by atoms with Gasteiger partial charge in [-0.2, -0.15) is 0 Å². The summed E-state index contributed by atoms with van der Waals surface area (Å²) in [5.41, 5.74) is -1.41. The molecule has 4 rings (SSSR count). The fourth-order valence-corrected chi connectivity index (χ4v) is 7.84. The molecule has 4 aliphatic rings. The standard InChI is InChI=1S/C21H34O4/c1-19-8-5-14(23)11-13(19)3-4-15-16(19)6-9-20(2)17(15)7-10-21(20,25)18(24)12-22/h13-17,22-23,25H,3-12H2,1-2H3/t13?,14?,15?,16?,17?,19-,20-,21-/m0/s1. The lowest BCUT2D eigenvalue weighted by Crippen LogP contribution is -2.59. The van der Waals surface area contributed by atoms with Crippen molar-refractivity contribution in [1.82, 2.24) is 0 Å². The van der Waals surface area contributed by atoms with Gasteiger partial charge in [-0.25, -0.2) is 0 Å². The van der Waals surface area contributed by atoms with Gasteiger partial charge in [-0.05, 0) is 86.9 Å². The summed E-state index contributed by atoms with van der Waals surface area (Å²) in [4.78, 5) is 12.4. The van der Waals surface area contributed by atoms with Crippen molar-refractivity contribution in [1.29, 1.82) is 0 Å². The van der Waals surface area contributed by atoms with Crippen LogP contribution in [0.3, 0.4) is 0 Å². The molecule has 0 aromatic rings. The maximum atomic E-state index is 12.4. The number of ketones is 1. The van der Waals surface area contributed by atoms with E-state index in [0.29, 0.717) is 35.5 Å². The summed E-state index contributed by atoms with van der Waals surface area (Å²) in [5, 5.41) is 30.7. The van der Waals surface area contributed by atoms with Crippen LogP contribution in [0.5, 0.6) is 0 Å². The molecule has 5 unspecified atom stereocenters. The average Bonchev–Trinajstić information content (AvgIpc) is 2.87. The zero-order valence-corrected chi connectivity index (χ0v) is 15.7. The summed E-state index contributed by atoms with van der Waals surface area (Å²) in [6.45, 7) is 4.00. The first-order valence-corrected chi connectivity index (χ1v) is 10.3. The normalized spacial score (nSPS) is 55.2. The molecule has 0 radical (unpaired) electrons. The number of hydrogen-bond donors (Lipinski definition) is 3. The highest BCUT2D eigenvalue weighted by Gasteiger charge is 2.66. The van der Waals surface area contributed by atoms with Crippen LogP contribution in [0.2, 0.25) is 0 Å². The van der Waals surface area contributed by atoms with Gasteiger partial charge in [-0.15, -0.1) is 0 Å². The number of carbonyl (C=O) groups excluding carboxylic acids is 1. The van der Waals surface area contributed by atoms with Crippen molar-refractivity contribution in [3.8, 4) is 0 Å². The summed E-state index contributed by atoms with van der Waals surface area (Å²) >= 11 is 0. The van der Waals surface area contributed by atoms with Gasteiger partial charge in [0, 0.05) is 5.41 Å². The van der Waals surface area contributed by atoms with E-state index in [9.17, 15) is 20.1 Å². The second-order valence-corrected chi connectivity index (χ2v) is 10.0. The number of carbonyl (C=O) groups is 1. The Morgan fingerprint density at radius 2 is 1.72 bits per heavy atom. The molecular weight excluding hydrogens is 316 g/mol. The molecule has 0 aliphatic heterocycles. The summed E-state index contributed by atoms with van der Waals surface area (Å²) in [6, 6.07) is 0. The first kappa shape index (κ1) is 17.9. The van der Waals surface area contributed by atoms with E-state index < -0.39 is 12.2 Å². The van der Waals surface area contributed by atoms with Gasteiger partial charge in [-0.1, -0.05) is 13.8 Å². The van der Waals surface area contributed by atoms with Gasteiger partial charge in [-0.3, -0.25) is 4.79 Å².